The van der Waals surface area contributed by atoms with Crippen LogP contribution < -0.4 is 5.32 Å². The summed E-state index contributed by atoms with van der Waals surface area (Å²) in [5.74, 6) is 0.604. The summed E-state index contributed by atoms with van der Waals surface area (Å²) in [4.78, 5) is 15.9. The number of aryl methyl sites for hydroxylation is 1. The molecule has 1 saturated carbocycles. The molecule has 1 aliphatic carbocycles. The summed E-state index contributed by atoms with van der Waals surface area (Å²) in [5.41, 5.74) is 2.03. The Kier molecular flexibility index (Phi) is 3.90. The predicted molar refractivity (Wildman–Crippen MR) is 83.3 cm³/mol. The topological polar surface area (TPSA) is 59.8 Å². The number of nitrogens with zero attached hydrogens (tertiary/aromatic N) is 3. The first-order valence-electron chi connectivity index (χ1n) is 7.76. The number of hydrogen-bond acceptors (Lipinski definition) is 4. The molecule has 0 spiro atoms. The van der Waals surface area contributed by atoms with E-state index in [0.717, 1.165) is 48.9 Å². The molecule has 21 heavy (non-hydrogen) atoms. The van der Waals surface area contributed by atoms with Gasteiger partial charge >= 0.3 is 0 Å². The van der Waals surface area contributed by atoms with Crippen molar-refractivity contribution in [3.63, 3.8) is 0 Å². The van der Waals surface area contributed by atoms with E-state index < -0.39 is 0 Å². The average molecular weight is 286 g/mol. The minimum Gasteiger partial charge on any atom is -0.382 e. The van der Waals surface area contributed by atoms with Gasteiger partial charge in [-0.25, -0.2) is 9.67 Å². The van der Waals surface area contributed by atoms with E-state index in [9.17, 15) is 4.79 Å². The van der Waals surface area contributed by atoms with Crippen molar-refractivity contribution in [3.8, 4) is 0 Å². The molecule has 2 aromatic rings. The molecule has 0 bridgehead atoms. The highest BCUT2D eigenvalue weighted by Crippen LogP contribution is 2.29. The maximum atomic E-state index is 11.4. The number of nitrogens with one attached hydrogen (secondary N) is 1. The van der Waals surface area contributed by atoms with Crippen molar-refractivity contribution >= 4 is 22.5 Å². The van der Waals surface area contributed by atoms with Crippen molar-refractivity contribution in [2.24, 2.45) is 5.92 Å². The molecule has 2 aromatic heterocycles. The van der Waals surface area contributed by atoms with Gasteiger partial charge in [0, 0.05) is 30.4 Å². The Labute approximate surface area is 124 Å². The minimum atomic E-state index is 0.267. The number of pyridine rings is 1. The Bertz CT molecular complexity index is 641. The van der Waals surface area contributed by atoms with Gasteiger partial charge in [-0.2, -0.15) is 5.10 Å². The molecule has 5 heteroatoms. The van der Waals surface area contributed by atoms with Crippen molar-refractivity contribution < 1.29 is 4.79 Å². The SMILES string of the molecule is CCn1ncc2c(NC3CCC(C(C)=O)CC3)ccnc21. The van der Waals surface area contributed by atoms with Crippen molar-refractivity contribution in [2.45, 2.75) is 52.1 Å². The van der Waals surface area contributed by atoms with Gasteiger partial charge in [0.15, 0.2) is 5.65 Å². The van der Waals surface area contributed by atoms with Crippen LogP contribution in [0, 0.1) is 5.92 Å². The Morgan fingerprint density at radius 1 is 1.38 bits per heavy atom. The highest BCUT2D eigenvalue weighted by Gasteiger charge is 2.24. The van der Waals surface area contributed by atoms with Gasteiger partial charge in [-0.05, 0) is 45.6 Å². The molecule has 5 nitrogen and oxygen atoms in total. The monoisotopic (exact) mass is 286 g/mol. The lowest BCUT2D eigenvalue weighted by atomic mass is 9.84. The van der Waals surface area contributed by atoms with Gasteiger partial charge in [-0.1, -0.05) is 0 Å². The second-order valence-electron chi connectivity index (χ2n) is 5.86. The molecule has 2 heterocycles. The molecule has 1 aliphatic rings. The molecule has 0 amide bonds. The minimum absolute atomic E-state index is 0.267. The molecule has 1 N–H and O–H groups in total. The van der Waals surface area contributed by atoms with Crippen molar-refractivity contribution in [2.75, 3.05) is 5.32 Å². The number of carbonyl (C=O) groups excluding carboxylic acids is 1. The summed E-state index contributed by atoms with van der Waals surface area (Å²) in [6, 6.07) is 2.46. The predicted octanol–water partition coefficient (Wildman–Crippen LogP) is 3.01. The van der Waals surface area contributed by atoms with E-state index in [4.69, 9.17) is 0 Å². The number of hydrogen-bond donors (Lipinski definition) is 1. The molecular weight excluding hydrogens is 264 g/mol. The zero-order valence-corrected chi connectivity index (χ0v) is 12.7. The molecule has 3 rings (SSSR count). The zero-order chi connectivity index (χ0) is 14.8. The Morgan fingerprint density at radius 3 is 2.81 bits per heavy atom. The van der Waals surface area contributed by atoms with Crippen LogP contribution in [0.15, 0.2) is 18.5 Å². The summed E-state index contributed by atoms with van der Waals surface area (Å²) in [5, 5.41) is 9.07. The molecule has 0 saturated heterocycles. The fourth-order valence-electron chi connectivity index (χ4n) is 3.20. The van der Waals surface area contributed by atoms with Gasteiger partial charge in [-0.15, -0.1) is 0 Å². The lowest BCUT2D eigenvalue weighted by Gasteiger charge is -2.28. The first-order valence-corrected chi connectivity index (χ1v) is 7.76. The van der Waals surface area contributed by atoms with Gasteiger partial charge in [0.05, 0.1) is 11.6 Å². The van der Waals surface area contributed by atoms with Crippen LogP contribution in [-0.2, 0) is 11.3 Å². The van der Waals surface area contributed by atoms with E-state index in [0.29, 0.717) is 11.8 Å². The number of carbonyl (C=O) groups is 1. The van der Waals surface area contributed by atoms with Crippen LogP contribution in [0.3, 0.4) is 0 Å². The third-order valence-electron chi connectivity index (χ3n) is 4.50. The maximum Gasteiger partial charge on any atom is 0.159 e. The van der Waals surface area contributed by atoms with Crippen molar-refractivity contribution in [1.29, 1.82) is 0 Å². The van der Waals surface area contributed by atoms with E-state index in [1.807, 2.05) is 23.1 Å². The summed E-state index contributed by atoms with van der Waals surface area (Å²) < 4.78 is 1.91. The number of ketones is 1. The van der Waals surface area contributed by atoms with E-state index in [1.165, 1.54) is 0 Å². The van der Waals surface area contributed by atoms with Crippen molar-refractivity contribution in [1.82, 2.24) is 14.8 Å². The van der Waals surface area contributed by atoms with Crippen LogP contribution in [0.1, 0.15) is 39.5 Å². The molecule has 0 aliphatic heterocycles. The quantitative estimate of drug-likeness (QED) is 0.938. The second-order valence-corrected chi connectivity index (χ2v) is 5.86. The van der Waals surface area contributed by atoms with Crippen LogP contribution in [-0.4, -0.2) is 26.6 Å². The molecule has 1 fully saturated rings. The van der Waals surface area contributed by atoms with Crippen LogP contribution in [0.5, 0.6) is 0 Å². The molecule has 0 atom stereocenters. The summed E-state index contributed by atoms with van der Waals surface area (Å²) >= 11 is 0. The number of rotatable bonds is 4. The van der Waals surface area contributed by atoms with Gasteiger partial charge in [0.25, 0.3) is 0 Å². The van der Waals surface area contributed by atoms with Crippen LogP contribution >= 0.6 is 0 Å². The Hall–Kier alpha value is -1.91. The lowest BCUT2D eigenvalue weighted by molar-refractivity contribution is -0.121. The fourth-order valence-corrected chi connectivity index (χ4v) is 3.20. The maximum absolute atomic E-state index is 11.4. The number of fused-ring (bicyclic) bond motifs is 1. The van der Waals surface area contributed by atoms with Crippen molar-refractivity contribution in [3.05, 3.63) is 18.5 Å². The molecule has 0 aromatic carbocycles. The zero-order valence-electron chi connectivity index (χ0n) is 12.7. The molecule has 0 radical (unpaired) electrons. The van der Waals surface area contributed by atoms with Gasteiger partial charge in [0.2, 0.25) is 0 Å². The number of Topliss-reactive ketones (excluding diaryl/α,β-unsaturated/α-hetero) is 1. The third-order valence-corrected chi connectivity index (χ3v) is 4.50. The standard InChI is InChI=1S/C16H22N4O/c1-3-20-16-14(10-18-20)15(8-9-17-16)19-13-6-4-12(5-7-13)11(2)21/h8-10,12-13H,3-7H2,1-2H3,(H,17,19). The summed E-state index contributed by atoms with van der Waals surface area (Å²) in [7, 11) is 0. The first-order chi connectivity index (χ1) is 10.2. The van der Waals surface area contributed by atoms with Gasteiger partial charge in [-0.3, -0.25) is 4.79 Å². The average Bonchev–Trinajstić information content (AvgIpc) is 2.92. The van der Waals surface area contributed by atoms with E-state index in [1.54, 1.807) is 6.92 Å². The highest BCUT2D eigenvalue weighted by molar-refractivity contribution is 5.88. The van der Waals surface area contributed by atoms with Crippen LogP contribution in [0.4, 0.5) is 5.69 Å². The van der Waals surface area contributed by atoms with Crippen LogP contribution in [0.25, 0.3) is 11.0 Å². The molecular formula is C16H22N4O. The Balaban J connectivity index is 1.74. The van der Waals surface area contributed by atoms with Crippen LogP contribution in [0.2, 0.25) is 0 Å². The molecule has 112 valence electrons. The van der Waals surface area contributed by atoms with E-state index in [-0.39, 0.29) is 5.92 Å². The summed E-state index contributed by atoms with van der Waals surface area (Å²) in [6.45, 7) is 4.60. The highest BCUT2D eigenvalue weighted by atomic mass is 16.1. The van der Waals surface area contributed by atoms with Gasteiger partial charge in [0.1, 0.15) is 5.78 Å². The van der Waals surface area contributed by atoms with Gasteiger partial charge < -0.3 is 5.32 Å². The van der Waals surface area contributed by atoms with E-state index in [2.05, 4.69) is 22.3 Å². The number of anilines is 1. The lowest BCUT2D eigenvalue weighted by Crippen LogP contribution is -2.28. The summed E-state index contributed by atoms with van der Waals surface area (Å²) in [6.07, 6.45) is 7.81. The molecule has 0 unspecified atom stereocenters. The second kappa shape index (κ2) is 5.84. The largest absolute Gasteiger partial charge is 0.382 e. The first kappa shape index (κ1) is 14.0. The number of aromatic nitrogens is 3. The smallest absolute Gasteiger partial charge is 0.159 e. The van der Waals surface area contributed by atoms with E-state index >= 15 is 0 Å². The Morgan fingerprint density at radius 2 is 2.14 bits per heavy atom. The third kappa shape index (κ3) is 2.77. The fraction of sp³-hybridized carbons (Fsp3) is 0.562. The normalized spacial score (nSPS) is 22.4.